The van der Waals surface area contributed by atoms with E-state index in [-0.39, 0.29) is 22.2 Å². The summed E-state index contributed by atoms with van der Waals surface area (Å²) in [6.45, 7) is 1.75. The van der Waals surface area contributed by atoms with Crippen LogP contribution in [0, 0.1) is 10.1 Å². The SMILES string of the molecule is O=CN1CCN(C(=O)c2ccc(Cl)c([N+](=O)[O-])c2)CC1. The summed E-state index contributed by atoms with van der Waals surface area (Å²) in [4.78, 5) is 36.2. The molecule has 1 saturated heterocycles. The molecular weight excluding hydrogens is 286 g/mol. The van der Waals surface area contributed by atoms with Gasteiger partial charge >= 0.3 is 0 Å². The van der Waals surface area contributed by atoms with Crippen LogP contribution in [0.15, 0.2) is 18.2 Å². The van der Waals surface area contributed by atoms with Crippen LogP contribution in [0.4, 0.5) is 5.69 Å². The molecule has 20 heavy (non-hydrogen) atoms. The Hall–Kier alpha value is -2.15. The number of hydrogen-bond acceptors (Lipinski definition) is 4. The number of nitro benzene ring substituents is 1. The number of amides is 2. The zero-order valence-corrected chi connectivity index (χ0v) is 11.2. The molecule has 0 aliphatic carbocycles. The Bertz CT molecular complexity index is 556. The quantitative estimate of drug-likeness (QED) is 0.476. The van der Waals surface area contributed by atoms with Crippen LogP contribution in [0.3, 0.4) is 0 Å². The predicted octanol–water partition coefficient (Wildman–Crippen LogP) is 1.16. The van der Waals surface area contributed by atoms with Crippen molar-refractivity contribution in [1.29, 1.82) is 0 Å². The largest absolute Gasteiger partial charge is 0.342 e. The van der Waals surface area contributed by atoms with Gasteiger partial charge in [0.05, 0.1) is 4.92 Å². The minimum atomic E-state index is -0.622. The molecule has 106 valence electrons. The maximum absolute atomic E-state index is 12.2. The number of benzene rings is 1. The third kappa shape index (κ3) is 2.88. The van der Waals surface area contributed by atoms with Gasteiger partial charge in [-0.3, -0.25) is 19.7 Å². The lowest BCUT2D eigenvalue weighted by molar-refractivity contribution is -0.384. The molecule has 0 bridgehead atoms. The highest BCUT2D eigenvalue weighted by Gasteiger charge is 2.23. The topological polar surface area (TPSA) is 83.8 Å². The standard InChI is InChI=1S/C12H12ClN3O4/c13-10-2-1-9(7-11(10)16(19)20)12(18)15-5-3-14(8-17)4-6-15/h1-2,7-8H,3-6H2. The van der Waals surface area contributed by atoms with E-state index in [2.05, 4.69) is 0 Å². The van der Waals surface area contributed by atoms with Crippen LogP contribution in [0.1, 0.15) is 10.4 Å². The second kappa shape index (κ2) is 5.87. The molecule has 2 rings (SSSR count). The fraction of sp³-hybridized carbons (Fsp3) is 0.333. The Morgan fingerprint density at radius 3 is 2.50 bits per heavy atom. The van der Waals surface area contributed by atoms with E-state index < -0.39 is 4.92 Å². The number of rotatable bonds is 3. The van der Waals surface area contributed by atoms with E-state index >= 15 is 0 Å². The van der Waals surface area contributed by atoms with Crippen molar-refractivity contribution in [3.8, 4) is 0 Å². The van der Waals surface area contributed by atoms with Gasteiger partial charge in [0.25, 0.3) is 11.6 Å². The summed E-state index contributed by atoms with van der Waals surface area (Å²) in [6, 6.07) is 3.98. The van der Waals surface area contributed by atoms with Crippen LogP contribution in [-0.2, 0) is 4.79 Å². The zero-order chi connectivity index (χ0) is 14.7. The van der Waals surface area contributed by atoms with Crippen molar-refractivity contribution < 1.29 is 14.5 Å². The van der Waals surface area contributed by atoms with E-state index in [1.165, 1.54) is 18.2 Å². The molecular formula is C12H12ClN3O4. The number of nitro groups is 1. The van der Waals surface area contributed by atoms with Gasteiger partial charge in [-0.05, 0) is 12.1 Å². The number of hydrogen-bond donors (Lipinski definition) is 0. The summed E-state index contributed by atoms with van der Waals surface area (Å²) in [5, 5.41) is 10.8. The number of carbonyl (C=O) groups excluding carboxylic acids is 2. The molecule has 1 aromatic carbocycles. The van der Waals surface area contributed by atoms with Crippen molar-refractivity contribution in [2.45, 2.75) is 0 Å². The molecule has 1 fully saturated rings. The van der Waals surface area contributed by atoms with Gasteiger partial charge in [-0.25, -0.2) is 0 Å². The lowest BCUT2D eigenvalue weighted by Gasteiger charge is -2.32. The van der Waals surface area contributed by atoms with E-state index in [1.54, 1.807) is 9.80 Å². The maximum Gasteiger partial charge on any atom is 0.288 e. The first-order valence-corrected chi connectivity index (χ1v) is 6.33. The average Bonchev–Trinajstić information content (AvgIpc) is 2.47. The van der Waals surface area contributed by atoms with Gasteiger partial charge in [-0.1, -0.05) is 11.6 Å². The highest BCUT2D eigenvalue weighted by molar-refractivity contribution is 6.32. The molecule has 0 saturated carbocycles. The van der Waals surface area contributed by atoms with Crippen molar-refractivity contribution in [2.24, 2.45) is 0 Å². The van der Waals surface area contributed by atoms with Crippen molar-refractivity contribution in [3.05, 3.63) is 38.9 Å². The molecule has 1 aliphatic rings. The molecule has 1 heterocycles. The normalized spacial score (nSPS) is 15.1. The van der Waals surface area contributed by atoms with Gasteiger partial charge in [0.1, 0.15) is 5.02 Å². The molecule has 0 N–H and O–H groups in total. The number of piperazine rings is 1. The summed E-state index contributed by atoms with van der Waals surface area (Å²) in [6.07, 6.45) is 0.745. The number of halogens is 1. The fourth-order valence-electron chi connectivity index (χ4n) is 2.00. The van der Waals surface area contributed by atoms with Crippen molar-refractivity contribution in [2.75, 3.05) is 26.2 Å². The summed E-state index contributed by atoms with van der Waals surface area (Å²) in [5.41, 5.74) is -0.0651. The van der Waals surface area contributed by atoms with Crippen molar-refractivity contribution in [1.82, 2.24) is 9.80 Å². The lowest BCUT2D eigenvalue weighted by atomic mass is 10.1. The molecule has 0 spiro atoms. The first-order chi connectivity index (χ1) is 9.52. The predicted molar refractivity (Wildman–Crippen MR) is 71.6 cm³/mol. The maximum atomic E-state index is 12.2. The summed E-state index contributed by atoms with van der Waals surface area (Å²) >= 11 is 5.71. The fourth-order valence-corrected chi connectivity index (χ4v) is 2.19. The minimum absolute atomic E-state index is 0.00248. The van der Waals surface area contributed by atoms with Gasteiger partial charge in [-0.15, -0.1) is 0 Å². The third-order valence-corrected chi connectivity index (χ3v) is 3.46. The molecule has 1 aliphatic heterocycles. The highest BCUT2D eigenvalue weighted by Crippen LogP contribution is 2.25. The van der Waals surface area contributed by atoms with Crippen LogP contribution in [-0.4, -0.2) is 53.2 Å². The Balaban J connectivity index is 2.16. The minimum Gasteiger partial charge on any atom is -0.342 e. The molecule has 2 amide bonds. The van der Waals surface area contributed by atoms with Crippen LogP contribution in [0.25, 0.3) is 0 Å². The highest BCUT2D eigenvalue weighted by atomic mass is 35.5. The number of nitrogens with zero attached hydrogens (tertiary/aromatic N) is 3. The molecule has 0 radical (unpaired) electrons. The van der Waals surface area contributed by atoms with E-state index in [0.717, 1.165) is 6.41 Å². The molecule has 0 atom stereocenters. The summed E-state index contributed by atoms with van der Waals surface area (Å²) in [5.74, 6) is -0.296. The monoisotopic (exact) mass is 297 g/mol. The van der Waals surface area contributed by atoms with Crippen LogP contribution in [0.2, 0.25) is 5.02 Å². The van der Waals surface area contributed by atoms with Crippen LogP contribution >= 0.6 is 11.6 Å². The van der Waals surface area contributed by atoms with E-state index in [1.807, 2.05) is 0 Å². The molecule has 0 unspecified atom stereocenters. The van der Waals surface area contributed by atoms with Gasteiger partial charge in [0.15, 0.2) is 0 Å². The summed E-state index contributed by atoms with van der Waals surface area (Å²) < 4.78 is 0. The van der Waals surface area contributed by atoms with Gasteiger partial charge < -0.3 is 9.80 Å². The Kier molecular flexibility index (Phi) is 4.19. The Labute approximate surface area is 119 Å². The third-order valence-electron chi connectivity index (χ3n) is 3.14. The number of carbonyl (C=O) groups is 2. The zero-order valence-electron chi connectivity index (χ0n) is 10.5. The molecule has 0 aromatic heterocycles. The van der Waals surface area contributed by atoms with E-state index in [4.69, 9.17) is 11.6 Å². The van der Waals surface area contributed by atoms with Gasteiger partial charge in [-0.2, -0.15) is 0 Å². The Morgan fingerprint density at radius 1 is 1.30 bits per heavy atom. The molecule has 8 heteroatoms. The Morgan fingerprint density at radius 2 is 1.95 bits per heavy atom. The van der Waals surface area contributed by atoms with E-state index in [9.17, 15) is 19.7 Å². The molecule has 7 nitrogen and oxygen atoms in total. The summed E-state index contributed by atoms with van der Waals surface area (Å²) in [7, 11) is 0. The molecule has 1 aromatic rings. The van der Waals surface area contributed by atoms with Gasteiger partial charge in [0.2, 0.25) is 6.41 Å². The van der Waals surface area contributed by atoms with Crippen molar-refractivity contribution >= 4 is 29.6 Å². The van der Waals surface area contributed by atoms with Crippen LogP contribution in [0.5, 0.6) is 0 Å². The first kappa shape index (κ1) is 14.3. The van der Waals surface area contributed by atoms with Gasteiger partial charge in [0, 0.05) is 37.8 Å². The lowest BCUT2D eigenvalue weighted by Crippen LogP contribution is -2.48. The first-order valence-electron chi connectivity index (χ1n) is 5.95. The smallest absolute Gasteiger partial charge is 0.288 e. The average molecular weight is 298 g/mol. The second-order valence-corrected chi connectivity index (χ2v) is 4.76. The van der Waals surface area contributed by atoms with Crippen LogP contribution < -0.4 is 0 Å². The second-order valence-electron chi connectivity index (χ2n) is 4.36. The van der Waals surface area contributed by atoms with E-state index in [0.29, 0.717) is 26.2 Å². The van der Waals surface area contributed by atoms with Crippen molar-refractivity contribution in [3.63, 3.8) is 0 Å².